The fraction of sp³-hybridized carbons (Fsp3) is 0.231. The third-order valence-corrected chi connectivity index (χ3v) is 2.81. The SMILES string of the molecule is Clc1ccc(-c2ccc(OC3CC3)cc2)nn1. The molecular weight excluding hydrogens is 236 g/mol. The molecule has 3 nitrogen and oxygen atoms in total. The van der Waals surface area contributed by atoms with Crippen LogP contribution in [0, 0.1) is 0 Å². The van der Waals surface area contributed by atoms with Crippen LogP contribution in [0.3, 0.4) is 0 Å². The molecule has 1 heterocycles. The Bertz CT molecular complexity index is 506. The van der Waals surface area contributed by atoms with E-state index >= 15 is 0 Å². The first-order valence-corrected chi connectivity index (χ1v) is 5.95. The molecule has 1 fully saturated rings. The second kappa shape index (κ2) is 4.34. The van der Waals surface area contributed by atoms with Gasteiger partial charge in [-0.2, -0.15) is 0 Å². The van der Waals surface area contributed by atoms with Gasteiger partial charge in [-0.05, 0) is 49.2 Å². The number of ether oxygens (including phenoxy) is 1. The summed E-state index contributed by atoms with van der Waals surface area (Å²) in [5.74, 6) is 0.915. The van der Waals surface area contributed by atoms with Crippen molar-refractivity contribution in [1.29, 1.82) is 0 Å². The number of nitrogens with zero attached hydrogens (tertiary/aromatic N) is 2. The van der Waals surface area contributed by atoms with Gasteiger partial charge >= 0.3 is 0 Å². The first-order chi connectivity index (χ1) is 8.31. The van der Waals surface area contributed by atoms with E-state index in [9.17, 15) is 0 Å². The number of hydrogen-bond donors (Lipinski definition) is 0. The van der Waals surface area contributed by atoms with Crippen molar-refractivity contribution in [2.45, 2.75) is 18.9 Å². The lowest BCUT2D eigenvalue weighted by Gasteiger charge is -2.05. The van der Waals surface area contributed by atoms with Crippen molar-refractivity contribution in [3.05, 3.63) is 41.6 Å². The molecule has 86 valence electrons. The molecular formula is C13H11ClN2O. The summed E-state index contributed by atoms with van der Waals surface area (Å²) in [7, 11) is 0. The van der Waals surface area contributed by atoms with Gasteiger partial charge in [0.1, 0.15) is 5.75 Å². The molecule has 1 aromatic heterocycles. The number of halogens is 1. The predicted octanol–water partition coefficient (Wildman–Crippen LogP) is 3.34. The molecule has 0 saturated heterocycles. The van der Waals surface area contributed by atoms with Gasteiger partial charge in [0.05, 0.1) is 11.8 Å². The van der Waals surface area contributed by atoms with Crippen molar-refractivity contribution in [1.82, 2.24) is 10.2 Å². The molecule has 2 aromatic rings. The molecule has 17 heavy (non-hydrogen) atoms. The summed E-state index contributed by atoms with van der Waals surface area (Å²) in [5.41, 5.74) is 1.82. The predicted molar refractivity (Wildman–Crippen MR) is 66.1 cm³/mol. The largest absolute Gasteiger partial charge is 0.490 e. The Morgan fingerprint density at radius 2 is 1.76 bits per heavy atom. The minimum atomic E-state index is 0.405. The van der Waals surface area contributed by atoms with Crippen molar-refractivity contribution < 1.29 is 4.74 Å². The van der Waals surface area contributed by atoms with Crippen LogP contribution >= 0.6 is 11.6 Å². The molecule has 3 rings (SSSR count). The summed E-state index contributed by atoms with van der Waals surface area (Å²) in [6.45, 7) is 0. The highest BCUT2D eigenvalue weighted by atomic mass is 35.5. The van der Waals surface area contributed by atoms with Gasteiger partial charge in [-0.15, -0.1) is 10.2 Å². The zero-order chi connectivity index (χ0) is 11.7. The molecule has 1 aliphatic rings. The monoisotopic (exact) mass is 246 g/mol. The number of rotatable bonds is 3. The van der Waals surface area contributed by atoms with E-state index in [1.807, 2.05) is 30.3 Å². The lowest BCUT2D eigenvalue weighted by molar-refractivity contribution is 0.303. The number of aromatic nitrogens is 2. The van der Waals surface area contributed by atoms with E-state index in [-0.39, 0.29) is 0 Å². The molecule has 1 aliphatic carbocycles. The lowest BCUT2D eigenvalue weighted by Crippen LogP contribution is -1.95. The standard InChI is InChI=1S/C13H11ClN2O/c14-13-8-7-12(15-16-13)9-1-3-10(4-2-9)17-11-5-6-11/h1-4,7-8,11H,5-6H2. The van der Waals surface area contributed by atoms with Gasteiger partial charge in [-0.1, -0.05) is 11.6 Å². The van der Waals surface area contributed by atoms with Crippen molar-refractivity contribution in [2.24, 2.45) is 0 Å². The van der Waals surface area contributed by atoms with Crippen LogP contribution < -0.4 is 4.74 Å². The van der Waals surface area contributed by atoms with Crippen molar-refractivity contribution >= 4 is 11.6 Å². The summed E-state index contributed by atoms with van der Waals surface area (Å²) < 4.78 is 5.68. The molecule has 4 heteroatoms. The third-order valence-electron chi connectivity index (χ3n) is 2.61. The summed E-state index contributed by atoms with van der Waals surface area (Å²) in [6.07, 6.45) is 2.77. The Morgan fingerprint density at radius 3 is 2.35 bits per heavy atom. The zero-order valence-corrected chi connectivity index (χ0v) is 9.89. The molecule has 0 spiro atoms. The molecule has 1 saturated carbocycles. The highest BCUT2D eigenvalue weighted by molar-refractivity contribution is 6.29. The fourth-order valence-corrected chi connectivity index (χ4v) is 1.65. The molecule has 0 radical (unpaired) electrons. The average molecular weight is 247 g/mol. The quantitative estimate of drug-likeness (QED) is 0.833. The molecule has 0 unspecified atom stereocenters. The maximum Gasteiger partial charge on any atom is 0.151 e. The van der Waals surface area contributed by atoms with Crippen LogP contribution in [0.4, 0.5) is 0 Å². The maximum absolute atomic E-state index is 5.69. The summed E-state index contributed by atoms with van der Waals surface area (Å²) >= 11 is 5.69. The van der Waals surface area contributed by atoms with Crippen LogP contribution in [0.2, 0.25) is 5.15 Å². The van der Waals surface area contributed by atoms with Crippen molar-refractivity contribution in [3.8, 4) is 17.0 Å². The van der Waals surface area contributed by atoms with Crippen LogP contribution in [-0.2, 0) is 0 Å². The summed E-state index contributed by atoms with van der Waals surface area (Å²) in [4.78, 5) is 0. The van der Waals surface area contributed by atoms with E-state index in [4.69, 9.17) is 16.3 Å². The van der Waals surface area contributed by atoms with E-state index in [0.29, 0.717) is 11.3 Å². The second-order valence-corrected chi connectivity index (χ2v) is 4.47. The number of hydrogen-bond acceptors (Lipinski definition) is 3. The highest BCUT2D eigenvalue weighted by Gasteiger charge is 2.23. The Hall–Kier alpha value is -1.61. The Kier molecular flexibility index (Phi) is 2.69. The third kappa shape index (κ3) is 2.56. The highest BCUT2D eigenvalue weighted by Crippen LogP contribution is 2.28. The molecule has 0 aliphatic heterocycles. The normalized spacial score (nSPS) is 14.6. The molecule has 0 atom stereocenters. The van der Waals surface area contributed by atoms with Crippen LogP contribution in [0.25, 0.3) is 11.3 Å². The van der Waals surface area contributed by atoms with Gasteiger partial charge in [0.2, 0.25) is 0 Å². The average Bonchev–Trinajstić information content (AvgIpc) is 3.15. The molecule has 0 N–H and O–H groups in total. The Balaban J connectivity index is 1.80. The zero-order valence-electron chi connectivity index (χ0n) is 9.14. The van der Waals surface area contributed by atoms with E-state index in [1.54, 1.807) is 6.07 Å². The van der Waals surface area contributed by atoms with Gasteiger partial charge in [0, 0.05) is 5.56 Å². The number of benzene rings is 1. The minimum Gasteiger partial charge on any atom is -0.490 e. The van der Waals surface area contributed by atoms with Crippen molar-refractivity contribution in [3.63, 3.8) is 0 Å². The van der Waals surface area contributed by atoms with Crippen LogP contribution in [-0.4, -0.2) is 16.3 Å². The van der Waals surface area contributed by atoms with E-state index < -0.39 is 0 Å². The van der Waals surface area contributed by atoms with Crippen LogP contribution in [0.15, 0.2) is 36.4 Å². The van der Waals surface area contributed by atoms with Gasteiger partial charge in [-0.25, -0.2) is 0 Å². The van der Waals surface area contributed by atoms with Gasteiger partial charge < -0.3 is 4.74 Å². The minimum absolute atomic E-state index is 0.405. The maximum atomic E-state index is 5.69. The van der Waals surface area contributed by atoms with E-state index in [0.717, 1.165) is 17.0 Å². The molecule has 1 aromatic carbocycles. The topological polar surface area (TPSA) is 35.0 Å². The summed E-state index contributed by atoms with van der Waals surface area (Å²) in [6, 6.07) is 11.5. The second-order valence-electron chi connectivity index (χ2n) is 4.08. The van der Waals surface area contributed by atoms with Crippen LogP contribution in [0.5, 0.6) is 5.75 Å². The van der Waals surface area contributed by atoms with Crippen molar-refractivity contribution in [2.75, 3.05) is 0 Å². The van der Waals surface area contributed by atoms with E-state index in [1.165, 1.54) is 12.8 Å². The van der Waals surface area contributed by atoms with Gasteiger partial charge in [-0.3, -0.25) is 0 Å². The van der Waals surface area contributed by atoms with Gasteiger partial charge in [0.25, 0.3) is 0 Å². The lowest BCUT2D eigenvalue weighted by atomic mass is 10.1. The van der Waals surface area contributed by atoms with Gasteiger partial charge in [0.15, 0.2) is 5.15 Å². The fourth-order valence-electron chi connectivity index (χ4n) is 1.55. The van der Waals surface area contributed by atoms with E-state index in [2.05, 4.69) is 10.2 Å². The smallest absolute Gasteiger partial charge is 0.151 e. The molecule has 0 amide bonds. The van der Waals surface area contributed by atoms with Crippen LogP contribution in [0.1, 0.15) is 12.8 Å². The first-order valence-electron chi connectivity index (χ1n) is 5.57. The first kappa shape index (κ1) is 10.5. The Labute approximate surface area is 104 Å². The molecule has 0 bridgehead atoms. The Morgan fingerprint density at radius 1 is 1.00 bits per heavy atom. The summed E-state index contributed by atoms with van der Waals surface area (Å²) in [5, 5.41) is 8.25.